The molecule has 0 bridgehead atoms. The summed E-state index contributed by atoms with van der Waals surface area (Å²) in [7, 11) is 1.47. The second-order valence-corrected chi connectivity index (χ2v) is 5.77. The molecular formula is C13H16INO4. The van der Waals surface area contributed by atoms with E-state index >= 15 is 0 Å². The third kappa shape index (κ3) is 5.15. The number of carbonyl (C=O) groups excluding carboxylic acids is 1. The predicted molar refractivity (Wildman–Crippen MR) is 79.2 cm³/mol. The number of benzene rings is 1. The number of amides is 1. The van der Waals surface area contributed by atoms with Crippen LogP contribution in [0.25, 0.3) is 0 Å². The Morgan fingerprint density at radius 3 is 2.68 bits per heavy atom. The van der Waals surface area contributed by atoms with E-state index in [-0.39, 0.29) is 18.9 Å². The Bertz CT molecular complexity index is 477. The first-order valence-corrected chi connectivity index (χ1v) is 6.73. The molecule has 0 radical (unpaired) electrons. The summed E-state index contributed by atoms with van der Waals surface area (Å²) in [5.41, 5.74) is -0.432. The number of hydrogen-bond acceptors (Lipinski definition) is 3. The van der Waals surface area contributed by atoms with Gasteiger partial charge < -0.3 is 15.2 Å². The molecule has 1 aromatic carbocycles. The molecule has 0 aromatic heterocycles. The number of aliphatic carboxylic acids is 1. The summed E-state index contributed by atoms with van der Waals surface area (Å²) in [6, 6.07) is 7.08. The Labute approximate surface area is 125 Å². The van der Waals surface area contributed by atoms with Gasteiger partial charge in [-0.2, -0.15) is 0 Å². The molecule has 1 rings (SSSR count). The zero-order valence-corrected chi connectivity index (χ0v) is 12.9. The first-order chi connectivity index (χ1) is 8.86. The van der Waals surface area contributed by atoms with Gasteiger partial charge in [-0.25, -0.2) is 0 Å². The Hall–Kier alpha value is -1.15. The maximum absolute atomic E-state index is 12.1. The number of carbonyl (C=O) groups is 2. The van der Waals surface area contributed by atoms with Crippen LogP contribution in [-0.4, -0.2) is 36.2 Å². The number of methoxy groups -OCH3 is 1. The van der Waals surface area contributed by atoms with Gasteiger partial charge in [0.2, 0.25) is 0 Å². The summed E-state index contributed by atoms with van der Waals surface area (Å²) in [6.45, 7) is 1.78. The van der Waals surface area contributed by atoms with Gasteiger partial charge in [0.1, 0.15) is 0 Å². The summed E-state index contributed by atoms with van der Waals surface area (Å²) >= 11 is 2.11. The van der Waals surface area contributed by atoms with E-state index in [0.717, 1.165) is 3.57 Å². The molecule has 5 nitrogen and oxygen atoms in total. The molecule has 0 saturated heterocycles. The van der Waals surface area contributed by atoms with E-state index in [9.17, 15) is 9.59 Å². The number of ether oxygens (including phenoxy) is 1. The summed E-state index contributed by atoms with van der Waals surface area (Å²) < 4.78 is 5.93. The summed E-state index contributed by atoms with van der Waals surface area (Å²) in [5, 5.41) is 11.6. The van der Waals surface area contributed by atoms with Crippen LogP contribution in [0, 0.1) is 3.57 Å². The molecule has 0 fully saturated rings. The quantitative estimate of drug-likeness (QED) is 0.743. The van der Waals surface area contributed by atoms with Gasteiger partial charge in [0.25, 0.3) is 5.91 Å². The van der Waals surface area contributed by atoms with E-state index < -0.39 is 11.5 Å². The van der Waals surface area contributed by atoms with Crippen molar-refractivity contribution in [3.05, 3.63) is 33.4 Å². The summed E-state index contributed by atoms with van der Waals surface area (Å²) in [4.78, 5) is 23.0. The number of hydrogen-bond donors (Lipinski definition) is 2. The van der Waals surface area contributed by atoms with Gasteiger partial charge >= 0.3 is 5.97 Å². The minimum atomic E-state index is -0.984. The molecule has 104 valence electrons. The molecule has 19 heavy (non-hydrogen) atoms. The standard InChI is InChI=1S/C13H16INO4/c1-13(8-19-2,7-11(16)17)15-12(18)9-4-3-5-10(14)6-9/h3-6H,7-8H2,1-2H3,(H,15,18)(H,16,17). The van der Waals surface area contributed by atoms with Gasteiger partial charge in [0, 0.05) is 16.2 Å². The molecule has 1 unspecified atom stereocenters. The molecule has 0 aliphatic rings. The van der Waals surface area contributed by atoms with Gasteiger partial charge in [0.05, 0.1) is 18.6 Å². The largest absolute Gasteiger partial charge is 0.481 e. The van der Waals surface area contributed by atoms with Crippen LogP contribution in [0.15, 0.2) is 24.3 Å². The van der Waals surface area contributed by atoms with E-state index in [1.54, 1.807) is 25.1 Å². The molecule has 0 heterocycles. The number of carboxylic acids is 1. The zero-order chi connectivity index (χ0) is 14.5. The molecular weight excluding hydrogens is 361 g/mol. The van der Waals surface area contributed by atoms with Gasteiger partial charge in [0.15, 0.2) is 0 Å². The van der Waals surface area contributed by atoms with Crippen LogP contribution >= 0.6 is 22.6 Å². The number of halogens is 1. The summed E-state index contributed by atoms with van der Waals surface area (Å²) in [6.07, 6.45) is -0.198. The van der Waals surface area contributed by atoms with Crippen molar-refractivity contribution in [1.29, 1.82) is 0 Å². The highest BCUT2D eigenvalue weighted by molar-refractivity contribution is 14.1. The first kappa shape index (κ1) is 15.9. The van der Waals surface area contributed by atoms with Crippen molar-refractivity contribution >= 4 is 34.5 Å². The van der Waals surface area contributed by atoms with Crippen LogP contribution in [0.1, 0.15) is 23.7 Å². The fourth-order valence-electron chi connectivity index (χ4n) is 1.76. The minimum Gasteiger partial charge on any atom is -0.481 e. The monoisotopic (exact) mass is 377 g/mol. The van der Waals surface area contributed by atoms with Crippen LogP contribution in [0.2, 0.25) is 0 Å². The fourth-order valence-corrected chi connectivity index (χ4v) is 2.30. The molecule has 0 aliphatic carbocycles. The first-order valence-electron chi connectivity index (χ1n) is 5.65. The molecule has 1 aromatic rings. The van der Waals surface area contributed by atoms with Crippen molar-refractivity contribution in [3.63, 3.8) is 0 Å². The Morgan fingerprint density at radius 1 is 1.47 bits per heavy atom. The van der Waals surface area contributed by atoms with Gasteiger partial charge in [-0.1, -0.05) is 6.07 Å². The lowest BCUT2D eigenvalue weighted by Crippen LogP contribution is -2.50. The number of carboxylic acid groups (broad SMARTS) is 1. The topological polar surface area (TPSA) is 75.6 Å². The van der Waals surface area contributed by atoms with Crippen LogP contribution in [0.3, 0.4) is 0 Å². The predicted octanol–water partition coefficient (Wildman–Crippen LogP) is 1.90. The number of rotatable bonds is 6. The molecule has 1 amide bonds. The summed E-state index contributed by atoms with van der Waals surface area (Å²) in [5.74, 6) is -1.29. The Balaban J connectivity index is 2.84. The minimum absolute atomic E-state index is 0.134. The van der Waals surface area contributed by atoms with Crippen molar-refractivity contribution in [1.82, 2.24) is 5.32 Å². The smallest absolute Gasteiger partial charge is 0.305 e. The second-order valence-electron chi connectivity index (χ2n) is 4.53. The fraction of sp³-hybridized carbons (Fsp3) is 0.385. The lowest BCUT2D eigenvalue weighted by Gasteiger charge is -2.28. The van der Waals surface area contributed by atoms with Crippen LogP contribution < -0.4 is 5.32 Å². The molecule has 0 spiro atoms. The molecule has 6 heteroatoms. The van der Waals surface area contributed by atoms with Gasteiger partial charge in [-0.15, -0.1) is 0 Å². The van der Waals surface area contributed by atoms with E-state index in [1.165, 1.54) is 7.11 Å². The van der Waals surface area contributed by atoms with Crippen LogP contribution in [-0.2, 0) is 9.53 Å². The van der Waals surface area contributed by atoms with E-state index in [2.05, 4.69) is 27.9 Å². The highest BCUT2D eigenvalue weighted by atomic mass is 127. The molecule has 0 saturated carbocycles. The van der Waals surface area contributed by atoms with Crippen molar-refractivity contribution in [2.24, 2.45) is 0 Å². The highest BCUT2D eigenvalue weighted by Gasteiger charge is 2.29. The third-order valence-corrected chi connectivity index (χ3v) is 3.18. The molecule has 2 N–H and O–H groups in total. The van der Waals surface area contributed by atoms with Crippen molar-refractivity contribution in [2.45, 2.75) is 18.9 Å². The van der Waals surface area contributed by atoms with E-state index in [4.69, 9.17) is 9.84 Å². The highest BCUT2D eigenvalue weighted by Crippen LogP contribution is 2.13. The van der Waals surface area contributed by atoms with Gasteiger partial charge in [-0.05, 0) is 47.7 Å². The van der Waals surface area contributed by atoms with Crippen LogP contribution in [0.5, 0.6) is 0 Å². The van der Waals surface area contributed by atoms with Crippen LogP contribution in [0.4, 0.5) is 0 Å². The molecule has 1 atom stereocenters. The van der Waals surface area contributed by atoms with E-state index in [0.29, 0.717) is 5.56 Å². The van der Waals surface area contributed by atoms with Gasteiger partial charge in [-0.3, -0.25) is 9.59 Å². The van der Waals surface area contributed by atoms with Crippen molar-refractivity contribution in [3.8, 4) is 0 Å². The van der Waals surface area contributed by atoms with Crippen molar-refractivity contribution in [2.75, 3.05) is 13.7 Å². The SMILES string of the molecule is COCC(C)(CC(=O)O)NC(=O)c1cccc(I)c1. The van der Waals surface area contributed by atoms with E-state index in [1.807, 2.05) is 6.07 Å². The average molecular weight is 377 g/mol. The Morgan fingerprint density at radius 2 is 2.16 bits per heavy atom. The lowest BCUT2D eigenvalue weighted by atomic mass is 9.98. The normalized spacial score (nSPS) is 13.6. The zero-order valence-electron chi connectivity index (χ0n) is 10.8. The number of nitrogens with one attached hydrogen (secondary N) is 1. The lowest BCUT2D eigenvalue weighted by molar-refractivity contribution is -0.139. The third-order valence-electron chi connectivity index (χ3n) is 2.51. The Kier molecular flexibility index (Phi) is 5.74. The second kappa shape index (κ2) is 6.85. The maximum Gasteiger partial charge on any atom is 0.305 e. The van der Waals surface area contributed by atoms with Crippen molar-refractivity contribution < 1.29 is 19.4 Å². The maximum atomic E-state index is 12.1. The molecule has 0 aliphatic heterocycles. The average Bonchev–Trinajstić information content (AvgIpc) is 2.27.